The second-order valence-corrected chi connectivity index (χ2v) is 3.25. The quantitative estimate of drug-likeness (QED) is 0.841. The maximum absolute atomic E-state index is 13.6. The topological polar surface area (TPSA) is 61.0 Å². The summed E-state index contributed by atoms with van der Waals surface area (Å²) in [5, 5.41) is 0. The highest BCUT2D eigenvalue weighted by Crippen LogP contribution is 2.23. The maximum atomic E-state index is 13.6. The van der Waals surface area contributed by atoms with Gasteiger partial charge >= 0.3 is 6.01 Å². The van der Waals surface area contributed by atoms with Crippen LogP contribution in [-0.2, 0) is 0 Å². The Morgan fingerprint density at radius 3 is 2.88 bits per heavy atom. The molecular formula is C11H10FN3O. The first-order valence-electron chi connectivity index (χ1n) is 4.68. The van der Waals surface area contributed by atoms with E-state index in [4.69, 9.17) is 10.5 Å². The Kier molecular flexibility index (Phi) is 2.68. The number of hydrogen-bond donors (Lipinski definition) is 1. The molecule has 0 saturated heterocycles. The van der Waals surface area contributed by atoms with Gasteiger partial charge in [-0.05, 0) is 24.6 Å². The smallest absolute Gasteiger partial charge is 0.323 e. The van der Waals surface area contributed by atoms with Crippen molar-refractivity contribution in [3.63, 3.8) is 0 Å². The van der Waals surface area contributed by atoms with Crippen LogP contribution in [0.3, 0.4) is 0 Å². The van der Waals surface area contributed by atoms with Crippen LogP contribution in [-0.4, -0.2) is 9.97 Å². The summed E-state index contributed by atoms with van der Waals surface area (Å²) in [5.74, 6) is -0.0582. The summed E-state index contributed by atoms with van der Waals surface area (Å²) in [4.78, 5) is 7.64. The molecule has 0 aliphatic heterocycles. The highest BCUT2D eigenvalue weighted by Gasteiger charge is 2.08. The van der Waals surface area contributed by atoms with E-state index in [2.05, 4.69) is 9.97 Å². The van der Waals surface area contributed by atoms with E-state index in [-0.39, 0.29) is 17.6 Å². The third-order valence-electron chi connectivity index (χ3n) is 2.01. The number of anilines is 1. The Morgan fingerprint density at radius 1 is 1.31 bits per heavy atom. The number of nitrogens with two attached hydrogens (primary N) is 1. The number of nitrogens with zero attached hydrogens (tertiary/aromatic N) is 2. The molecule has 2 N–H and O–H groups in total. The molecule has 0 amide bonds. The highest BCUT2D eigenvalue weighted by atomic mass is 19.1. The van der Waals surface area contributed by atoms with Gasteiger partial charge in [0.1, 0.15) is 5.82 Å². The molecular weight excluding hydrogens is 209 g/mol. The van der Waals surface area contributed by atoms with E-state index in [1.165, 1.54) is 18.3 Å². The standard InChI is InChI=1S/C11H10FN3O/c1-7-3-2-4-8(10(7)12)16-11-14-6-5-9(13)15-11/h2-6H,1H3,(H2,13,14,15). The SMILES string of the molecule is Cc1cccc(Oc2nccc(N)n2)c1F. The van der Waals surface area contributed by atoms with Crippen LogP contribution in [0.2, 0.25) is 0 Å². The number of nitrogen functional groups attached to an aromatic ring is 1. The van der Waals surface area contributed by atoms with Crippen molar-refractivity contribution in [3.05, 3.63) is 41.8 Å². The Morgan fingerprint density at radius 2 is 2.12 bits per heavy atom. The first-order chi connectivity index (χ1) is 7.66. The predicted octanol–water partition coefficient (Wildman–Crippen LogP) is 2.30. The second kappa shape index (κ2) is 4.14. The summed E-state index contributed by atoms with van der Waals surface area (Å²) >= 11 is 0. The second-order valence-electron chi connectivity index (χ2n) is 3.25. The molecule has 0 atom stereocenters. The van der Waals surface area contributed by atoms with Crippen molar-refractivity contribution in [2.75, 3.05) is 5.73 Å². The van der Waals surface area contributed by atoms with Gasteiger partial charge in [-0.25, -0.2) is 9.37 Å². The molecule has 16 heavy (non-hydrogen) atoms. The minimum Gasteiger partial charge on any atom is -0.421 e. The van der Waals surface area contributed by atoms with Gasteiger partial charge in [-0.1, -0.05) is 12.1 Å². The average Bonchev–Trinajstić information content (AvgIpc) is 2.25. The zero-order chi connectivity index (χ0) is 11.5. The van der Waals surface area contributed by atoms with E-state index in [9.17, 15) is 4.39 Å². The van der Waals surface area contributed by atoms with Crippen LogP contribution in [0.1, 0.15) is 5.56 Å². The predicted molar refractivity (Wildman–Crippen MR) is 57.7 cm³/mol. The minimum absolute atomic E-state index is 0.0319. The van der Waals surface area contributed by atoms with Crippen molar-refractivity contribution in [2.24, 2.45) is 0 Å². The van der Waals surface area contributed by atoms with Crippen LogP contribution >= 0.6 is 0 Å². The molecule has 1 aromatic heterocycles. The lowest BCUT2D eigenvalue weighted by Crippen LogP contribution is -1.97. The molecule has 2 aromatic rings. The van der Waals surface area contributed by atoms with Crippen LogP contribution in [0.25, 0.3) is 0 Å². The summed E-state index contributed by atoms with van der Waals surface area (Å²) in [5.41, 5.74) is 5.96. The lowest BCUT2D eigenvalue weighted by atomic mass is 10.2. The van der Waals surface area contributed by atoms with Crippen LogP contribution in [0.15, 0.2) is 30.5 Å². The fourth-order valence-electron chi connectivity index (χ4n) is 1.20. The van der Waals surface area contributed by atoms with Gasteiger partial charge in [0.2, 0.25) is 0 Å². The molecule has 0 fully saturated rings. The molecule has 82 valence electrons. The molecule has 0 radical (unpaired) electrons. The molecule has 0 spiro atoms. The molecule has 0 bridgehead atoms. The molecule has 2 rings (SSSR count). The molecule has 0 saturated carbocycles. The van der Waals surface area contributed by atoms with Crippen molar-refractivity contribution in [1.29, 1.82) is 0 Å². The third kappa shape index (κ3) is 2.08. The first kappa shape index (κ1) is 10.4. The van der Waals surface area contributed by atoms with Gasteiger partial charge in [0, 0.05) is 6.20 Å². The fraction of sp³-hybridized carbons (Fsp3) is 0.0909. The van der Waals surface area contributed by atoms with Crippen LogP contribution in [0.4, 0.5) is 10.2 Å². The van der Waals surface area contributed by atoms with E-state index >= 15 is 0 Å². The molecule has 4 nitrogen and oxygen atoms in total. The molecule has 1 aromatic carbocycles. The van der Waals surface area contributed by atoms with Crippen LogP contribution in [0, 0.1) is 12.7 Å². The van der Waals surface area contributed by atoms with Gasteiger partial charge in [0.25, 0.3) is 0 Å². The van der Waals surface area contributed by atoms with Crippen LogP contribution < -0.4 is 10.5 Å². The number of rotatable bonds is 2. The van der Waals surface area contributed by atoms with E-state index in [1.54, 1.807) is 19.1 Å². The Hall–Kier alpha value is -2.17. The molecule has 1 heterocycles. The summed E-state index contributed by atoms with van der Waals surface area (Å²) in [7, 11) is 0. The highest BCUT2D eigenvalue weighted by molar-refractivity contribution is 5.33. The van der Waals surface area contributed by atoms with Crippen molar-refractivity contribution in [3.8, 4) is 11.8 Å². The monoisotopic (exact) mass is 219 g/mol. The first-order valence-corrected chi connectivity index (χ1v) is 4.68. The number of aromatic nitrogens is 2. The minimum atomic E-state index is -0.423. The molecule has 0 unspecified atom stereocenters. The lowest BCUT2D eigenvalue weighted by Gasteiger charge is -2.06. The lowest BCUT2D eigenvalue weighted by molar-refractivity contribution is 0.410. The van der Waals surface area contributed by atoms with Crippen molar-refractivity contribution in [1.82, 2.24) is 9.97 Å². The Bertz CT molecular complexity index is 516. The van der Waals surface area contributed by atoms with Crippen molar-refractivity contribution >= 4 is 5.82 Å². The summed E-state index contributed by atoms with van der Waals surface area (Å²) in [6.07, 6.45) is 1.45. The summed E-state index contributed by atoms with van der Waals surface area (Å²) in [6, 6.07) is 6.42. The number of halogens is 1. The van der Waals surface area contributed by atoms with Crippen LogP contribution in [0.5, 0.6) is 11.8 Å². The average molecular weight is 219 g/mol. The van der Waals surface area contributed by atoms with E-state index < -0.39 is 5.82 Å². The maximum Gasteiger partial charge on any atom is 0.323 e. The number of benzene rings is 1. The third-order valence-corrected chi connectivity index (χ3v) is 2.01. The zero-order valence-electron chi connectivity index (χ0n) is 8.64. The largest absolute Gasteiger partial charge is 0.421 e. The fourth-order valence-corrected chi connectivity index (χ4v) is 1.20. The van der Waals surface area contributed by atoms with Gasteiger partial charge < -0.3 is 10.5 Å². The van der Waals surface area contributed by atoms with Gasteiger partial charge in [0.05, 0.1) is 0 Å². The zero-order valence-corrected chi connectivity index (χ0v) is 8.64. The van der Waals surface area contributed by atoms with Gasteiger partial charge in [-0.2, -0.15) is 4.98 Å². The summed E-state index contributed by atoms with van der Waals surface area (Å²) in [6.45, 7) is 1.66. The van der Waals surface area contributed by atoms with Crippen molar-refractivity contribution < 1.29 is 9.13 Å². The Labute approximate surface area is 91.9 Å². The summed E-state index contributed by atoms with van der Waals surface area (Å²) < 4.78 is 18.8. The van der Waals surface area contributed by atoms with Gasteiger partial charge in [-0.15, -0.1) is 0 Å². The van der Waals surface area contributed by atoms with E-state index in [0.29, 0.717) is 5.56 Å². The molecule has 0 aliphatic carbocycles. The van der Waals surface area contributed by atoms with E-state index in [1.807, 2.05) is 0 Å². The molecule has 0 aliphatic rings. The Balaban J connectivity index is 2.31. The van der Waals surface area contributed by atoms with E-state index in [0.717, 1.165) is 0 Å². The van der Waals surface area contributed by atoms with Gasteiger partial charge in [0.15, 0.2) is 11.6 Å². The van der Waals surface area contributed by atoms with Crippen molar-refractivity contribution in [2.45, 2.75) is 6.92 Å². The number of ether oxygens (including phenoxy) is 1. The molecule has 5 heteroatoms. The number of aryl methyl sites for hydroxylation is 1. The van der Waals surface area contributed by atoms with Gasteiger partial charge in [-0.3, -0.25) is 0 Å². The normalized spacial score (nSPS) is 10.1. The number of hydrogen-bond acceptors (Lipinski definition) is 4.